The van der Waals surface area contributed by atoms with Gasteiger partial charge in [0.1, 0.15) is 9.91 Å². The van der Waals surface area contributed by atoms with E-state index in [1.165, 1.54) is 10.8 Å². The highest BCUT2D eigenvalue weighted by molar-refractivity contribution is 8.15. The average Bonchev–Trinajstić information content (AvgIpc) is 3.08. The molecule has 3 aromatic carbocycles. The van der Waals surface area contributed by atoms with Crippen LogP contribution >= 0.6 is 11.8 Å². The molecule has 5 heteroatoms. The van der Waals surface area contributed by atoms with Gasteiger partial charge in [-0.15, -0.1) is 0 Å². The van der Waals surface area contributed by atoms with Crippen LogP contribution < -0.4 is 10.7 Å². The molecule has 0 aromatic heterocycles. The Morgan fingerprint density at radius 3 is 2.63 bits per heavy atom. The molecule has 2 N–H and O–H groups in total. The molecule has 0 saturated heterocycles. The molecule has 0 bridgehead atoms. The second-order valence-corrected chi connectivity index (χ2v) is 8.32. The zero-order valence-electron chi connectivity index (χ0n) is 15.1. The molecule has 0 fully saturated rings. The molecule has 27 heavy (non-hydrogen) atoms. The Labute approximate surface area is 163 Å². The number of fused-ring (bicyclic) bond motifs is 1. The highest BCUT2D eigenvalue weighted by Gasteiger charge is 2.35. The molecule has 1 aliphatic heterocycles. The molecule has 0 unspecified atom stereocenters. The maximum Gasteiger partial charge on any atom is 0.223 e. The minimum absolute atomic E-state index is 0.00993. The van der Waals surface area contributed by atoms with Crippen LogP contribution in [0.5, 0.6) is 0 Å². The van der Waals surface area contributed by atoms with Gasteiger partial charge in [-0.25, -0.2) is 0 Å². The molecular formula is C22H21N3OS. The third-order valence-electron chi connectivity index (χ3n) is 4.57. The zero-order chi connectivity index (χ0) is 18.7. The van der Waals surface area contributed by atoms with E-state index < -0.39 is 4.87 Å². The smallest absolute Gasteiger partial charge is 0.223 e. The number of nitrogens with zero attached hydrogens (tertiary/aromatic N) is 1. The van der Waals surface area contributed by atoms with Crippen LogP contribution in [0.3, 0.4) is 0 Å². The molecule has 1 aliphatic rings. The van der Waals surface area contributed by atoms with Gasteiger partial charge in [0.05, 0.1) is 6.42 Å². The highest BCUT2D eigenvalue weighted by atomic mass is 32.2. The minimum atomic E-state index is -0.451. The number of carbonyl (C=O) groups excluding carboxylic acids is 1. The second-order valence-electron chi connectivity index (χ2n) is 6.83. The average molecular weight is 375 g/mol. The van der Waals surface area contributed by atoms with Crippen molar-refractivity contribution in [2.75, 3.05) is 0 Å². The van der Waals surface area contributed by atoms with E-state index in [9.17, 15) is 4.79 Å². The van der Waals surface area contributed by atoms with Crippen LogP contribution in [0.15, 0.2) is 77.9 Å². The van der Waals surface area contributed by atoms with E-state index >= 15 is 0 Å². The predicted molar refractivity (Wildman–Crippen MR) is 113 cm³/mol. The lowest BCUT2D eigenvalue weighted by Gasteiger charge is -2.22. The number of nitrogens with one attached hydrogen (secondary N) is 2. The van der Waals surface area contributed by atoms with Gasteiger partial charge in [-0.05, 0) is 23.3 Å². The Balaban J connectivity index is 1.42. The minimum Gasteiger partial charge on any atom is -0.352 e. The van der Waals surface area contributed by atoms with Crippen molar-refractivity contribution < 1.29 is 4.79 Å². The number of benzene rings is 3. The Bertz CT molecular complexity index is 997. The third kappa shape index (κ3) is 3.98. The summed E-state index contributed by atoms with van der Waals surface area (Å²) in [4.78, 5) is 12.0. The molecule has 0 saturated carbocycles. The molecule has 0 radical (unpaired) electrons. The van der Waals surface area contributed by atoms with Gasteiger partial charge in [0.15, 0.2) is 0 Å². The molecule has 1 heterocycles. The lowest BCUT2D eigenvalue weighted by molar-refractivity contribution is -0.121. The summed E-state index contributed by atoms with van der Waals surface area (Å²) in [6, 6.07) is 24.4. The monoisotopic (exact) mass is 375 g/mol. The lowest BCUT2D eigenvalue weighted by atomic mass is 10.1. The number of amides is 1. The van der Waals surface area contributed by atoms with Gasteiger partial charge in [0, 0.05) is 12.1 Å². The molecular weight excluding hydrogens is 354 g/mol. The van der Waals surface area contributed by atoms with Crippen LogP contribution in [-0.2, 0) is 11.3 Å². The van der Waals surface area contributed by atoms with E-state index in [2.05, 4.69) is 40.1 Å². The summed E-state index contributed by atoms with van der Waals surface area (Å²) in [6.45, 7) is 2.55. The number of carbonyl (C=O) groups is 1. The summed E-state index contributed by atoms with van der Waals surface area (Å²) in [5.74, 6) is 0.00993. The molecule has 136 valence electrons. The summed E-state index contributed by atoms with van der Waals surface area (Å²) in [7, 11) is 0. The normalized spacial score (nSPS) is 18.8. The second kappa shape index (κ2) is 7.45. The number of hydrazone groups is 1. The number of hydrogen-bond donors (Lipinski definition) is 2. The van der Waals surface area contributed by atoms with Gasteiger partial charge >= 0.3 is 0 Å². The van der Waals surface area contributed by atoms with Crippen LogP contribution in [-0.4, -0.2) is 15.8 Å². The predicted octanol–water partition coefficient (Wildman–Crippen LogP) is 4.26. The quantitative estimate of drug-likeness (QED) is 0.701. The fourth-order valence-electron chi connectivity index (χ4n) is 3.20. The number of hydrogen-bond acceptors (Lipinski definition) is 4. The van der Waals surface area contributed by atoms with E-state index in [4.69, 9.17) is 0 Å². The Kier molecular flexibility index (Phi) is 4.86. The first-order valence-electron chi connectivity index (χ1n) is 8.96. The van der Waals surface area contributed by atoms with Gasteiger partial charge in [0.2, 0.25) is 5.91 Å². The van der Waals surface area contributed by atoms with Crippen molar-refractivity contribution in [3.8, 4) is 0 Å². The highest BCUT2D eigenvalue weighted by Crippen LogP contribution is 2.36. The Morgan fingerprint density at radius 1 is 1.04 bits per heavy atom. The van der Waals surface area contributed by atoms with Crippen LogP contribution in [0.25, 0.3) is 10.8 Å². The van der Waals surface area contributed by atoms with E-state index in [0.29, 0.717) is 13.0 Å². The van der Waals surface area contributed by atoms with Gasteiger partial charge in [-0.3, -0.25) is 10.2 Å². The first-order chi connectivity index (χ1) is 13.1. The van der Waals surface area contributed by atoms with Crippen molar-refractivity contribution in [3.63, 3.8) is 0 Å². The molecule has 3 aromatic rings. The largest absolute Gasteiger partial charge is 0.352 e. The van der Waals surface area contributed by atoms with Crippen molar-refractivity contribution in [1.29, 1.82) is 0 Å². The standard InChI is InChI=1S/C22H21N3OS/c1-22(14-20(26)23-15-16-8-3-2-4-9-16)25-24-21(27-22)19-13-7-11-17-10-5-6-12-18(17)19/h2-13,25H,14-15H2,1H3,(H,23,26)/t22-/m0/s1. The first kappa shape index (κ1) is 17.6. The maximum atomic E-state index is 12.4. The number of rotatable bonds is 5. The molecule has 1 atom stereocenters. The van der Waals surface area contributed by atoms with E-state index in [1.54, 1.807) is 11.8 Å². The van der Waals surface area contributed by atoms with Gasteiger partial charge in [0.25, 0.3) is 0 Å². The molecule has 4 nitrogen and oxygen atoms in total. The molecule has 4 rings (SSSR count). The third-order valence-corrected chi connectivity index (χ3v) is 5.76. The molecule has 0 aliphatic carbocycles. The lowest BCUT2D eigenvalue weighted by Crippen LogP contribution is -2.38. The fraction of sp³-hybridized carbons (Fsp3) is 0.182. The van der Waals surface area contributed by atoms with Crippen LogP contribution in [0.4, 0.5) is 0 Å². The molecule has 1 amide bonds. The van der Waals surface area contributed by atoms with E-state index in [1.807, 2.05) is 55.5 Å². The van der Waals surface area contributed by atoms with Gasteiger partial charge in [-0.1, -0.05) is 84.6 Å². The van der Waals surface area contributed by atoms with Gasteiger partial charge in [-0.2, -0.15) is 5.10 Å². The Morgan fingerprint density at radius 2 is 1.78 bits per heavy atom. The summed E-state index contributed by atoms with van der Waals surface area (Å²) < 4.78 is 0. The number of thioether (sulfide) groups is 1. The van der Waals surface area contributed by atoms with Crippen molar-refractivity contribution in [2.24, 2.45) is 5.10 Å². The van der Waals surface area contributed by atoms with Crippen molar-refractivity contribution in [1.82, 2.24) is 10.7 Å². The topological polar surface area (TPSA) is 53.5 Å². The van der Waals surface area contributed by atoms with Crippen LogP contribution in [0.1, 0.15) is 24.5 Å². The SMILES string of the molecule is C[C@]1(CC(=O)NCc2ccccc2)NN=C(c2cccc3ccccc23)S1. The Hall–Kier alpha value is -2.79. The molecule has 0 spiro atoms. The van der Waals surface area contributed by atoms with Crippen molar-refractivity contribution >= 4 is 33.5 Å². The fourth-order valence-corrected chi connectivity index (χ4v) is 4.30. The van der Waals surface area contributed by atoms with Crippen LogP contribution in [0.2, 0.25) is 0 Å². The van der Waals surface area contributed by atoms with Crippen LogP contribution in [0, 0.1) is 0 Å². The first-order valence-corrected chi connectivity index (χ1v) is 9.77. The van der Waals surface area contributed by atoms with Crippen molar-refractivity contribution in [2.45, 2.75) is 24.8 Å². The summed E-state index contributed by atoms with van der Waals surface area (Å²) in [5, 5.41) is 10.8. The van der Waals surface area contributed by atoms with Gasteiger partial charge < -0.3 is 5.32 Å². The maximum absolute atomic E-state index is 12.4. The van der Waals surface area contributed by atoms with E-state index in [-0.39, 0.29) is 5.91 Å². The van der Waals surface area contributed by atoms with E-state index in [0.717, 1.165) is 16.2 Å². The summed E-state index contributed by atoms with van der Waals surface area (Å²) >= 11 is 1.61. The van der Waals surface area contributed by atoms with Crippen molar-refractivity contribution in [3.05, 3.63) is 83.9 Å². The summed E-state index contributed by atoms with van der Waals surface area (Å²) in [6.07, 6.45) is 0.349. The summed E-state index contributed by atoms with van der Waals surface area (Å²) in [5.41, 5.74) is 5.36. The zero-order valence-corrected chi connectivity index (χ0v) is 15.9.